The Morgan fingerprint density at radius 2 is 0.845 bits per heavy atom. The highest BCUT2D eigenvalue weighted by atomic mass is 16.3. The molecule has 0 saturated carbocycles. The summed E-state index contributed by atoms with van der Waals surface area (Å²) in [7, 11) is 0. The van der Waals surface area contributed by atoms with Crippen LogP contribution in [0.15, 0.2) is 229 Å². The molecule has 0 aliphatic heterocycles. The number of fused-ring (bicyclic) bond motifs is 6. The Hall–Kier alpha value is -7.68. The standard InChI is InChI=1S/C56H37NO/c1-3-14-38(15-4-1)39-26-28-43(29-27-39)48-36-37-53(55-51-22-11-12-25-54(51)58-56(48)55)57(52-24-13-23-49-47-21-8-7-18-41(47)32-35-50(49)52)44-33-30-42(31-34-44)46-20-10-9-19-45(46)40-16-5-2-6-17-40/h1-37H. The molecule has 0 aliphatic rings. The van der Waals surface area contributed by atoms with E-state index in [0.29, 0.717) is 0 Å². The summed E-state index contributed by atoms with van der Waals surface area (Å²) < 4.78 is 6.87. The van der Waals surface area contributed by atoms with Crippen LogP contribution in [0.5, 0.6) is 0 Å². The highest BCUT2D eigenvalue weighted by molar-refractivity contribution is 6.19. The number of furan rings is 1. The van der Waals surface area contributed by atoms with Gasteiger partial charge in [0.1, 0.15) is 11.2 Å². The van der Waals surface area contributed by atoms with Crippen LogP contribution in [0.4, 0.5) is 17.1 Å². The van der Waals surface area contributed by atoms with Gasteiger partial charge in [-0.1, -0.05) is 188 Å². The number of rotatable bonds is 7. The third-order valence-corrected chi connectivity index (χ3v) is 11.5. The van der Waals surface area contributed by atoms with E-state index in [0.717, 1.165) is 50.1 Å². The van der Waals surface area contributed by atoms with E-state index in [2.05, 4.69) is 229 Å². The van der Waals surface area contributed by atoms with E-state index in [1.54, 1.807) is 0 Å². The van der Waals surface area contributed by atoms with Crippen molar-refractivity contribution in [1.82, 2.24) is 0 Å². The van der Waals surface area contributed by atoms with Gasteiger partial charge in [-0.3, -0.25) is 0 Å². The minimum absolute atomic E-state index is 0.865. The summed E-state index contributed by atoms with van der Waals surface area (Å²) >= 11 is 0. The molecule has 0 fully saturated rings. The van der Waals surface area contributed by atoms with Gasteiger partial charge in [-0.05, 0) is 91.5 Å². The average molecular weight is 740 g/mol. The van der Waals surface area contributed by atoms with Gasteiger partial charge in [0, 0.05) is 22.0 Å². The van der Waals surface area contributed by atoms with E-state index in [1.807, 2.05) is 0 Å². The van der Waals surface area contributed by atoms with Crippen LogP contribution < -0.4 is 4.90 Å². The Balaban J connectivity index is 1.13. The summed E-state index contributed by atoms with van der Waals surface area (Å²) in [5.74, 6) is 0. The van der Waals surface area contributed by atoms with Gasteiger partial charge in [-0.25, -0.2) is 0 Å². The number of para-hydroxylation sites is 1. The monoisotopic (exact) mass is 739 g/mol. The first-order chi connectivity index (χ1) is 28.8. The second kappa shape index (κ2) is 14.1. The van der Waals surface area contributed by atoms with Crippen molar-refractivity contribution in [2.24, 2.45) is 0 Å². The van der Waals surface area contributed by atoms with Crippen molar-refractivity contribution in [3.05, 3.63) is 224 Å². The van der Waals surface area contributed by atoms with Crippen molar-refractivity contribution in [1.29, 1.82) is 0 Å². The van der Waals surface area contributed by atoms with Crippen LogP contribution in [0.1, 0.15) is 0 Å². The number of hydrogen-bond donors (Lipinski definition) is 0. The molecule has 1 aromatic heterocycles. The molecule has 0 unspecified atom stereocenters. The van der Waals surface area contributed by atoms with Crippen LogP contribution in [-0.2, 0) is 0 Å². The largest absolute Gasteiger partial charge is 0.455 e. The van der Waals surface area contributed by atoms with E-state index in [-0.39, 0.29) is 0 Å². The van der Waals surface area contributed by atoms with E-state index in [9.17, 15) is 0 Å². The van der Waals surface area contributed by atoms with Gasteiger partial charge in [0.15, 0.2) is 0 Å². The normalized spacial score (nSPS) is 11.4. The second-order valence-electron chi connectivity index (χ2n) is 14.8. The fourth-order valence-electron chi connectivity index (χ4n) is 8.72. The van der Waals surface area contributed by atoms with Gasteiger partial charge in [-0.2, -0.15) is 0 Å². The molecule has 0 atom stereocenters. The van der Waals surface area contributed by atoms with Crippen molar-refractivity contribution in [3.63, 3.8) is 0 Å². The predicted octanol–water partition coefficient (Wildman–Crippen LogP) is 16.0. The Morgan fingerprint density at radius 1 is 0.293 bits per heavy atom. The number of hydrogen-bond acceptors (Lipinski definition) is 2. The maximum atomic E-state index is 6.87. The Bertz CT molecular complexity index is 3250. The van der Waals surface area contributed by atoms with Crippen LogP contribution in [-0.4, -0.2) is 0 Å². The maximum absolute atomic E-state index is 6.87. The molecule has 0 bridgehead atoms. The zero-order valence-electron chi connectivity index (χ0n) is 31.7. The minimum Gasteiger partial charge on any atom is -0.455 e. The summed E-state index contributed by atoms with van der Waals surface area (Å²) in [5.41, 5.74) is 14.3. The molecule has 0 aliphatic carbocycles. The Kier molecular flexibility index (Phi) is 8.19. The maximum Gasteiger partial charge on any atom is 0.145 e. The summed E-state index contributed by atoms with van der Waals surface area (Å²) in [6.45, 7) is 0. The highest BCUT2D eigenvalue weighted by Gasteiger charge is 2.24. The van der Waals surface area contributed by atoms with Crippen LogP contribution in [0.2, 0.25) is 0 Å². The molecule has 2 nitrogen and oxygen atoms in total. The molecule has 11 aromatic rings. The van der Waals surface area contributed by atoms with Crippen molar-refractivity contribution in [2.75, 3.05) is 4.90 Å². The predicted molar refractivity (Wildman–Crippen MR) is 245 cm³/mol. The molecule has 11 rings (SSSR count). The Morgan fingerprint density at radius 3 is 1.60 bits per heavy atom. The number of benzene rings is 10. The first kappa shape index (κ1) is 33.6. The highest BCUT2D eigenvalue weighted by Crippen LogP contribution is 2.48. The van der Waals surface area contributed by atoms with Crippen molar-refractivity contribution < 1.29 is 4.42 Å². The lowest BCUT2D eigenvalue weighted by Crippen LogP contribution is -2.11. The van der Waals surface area contributed by atoms with Crippen LogP contribution >= 0.6 is 0 Å². The third-order valence-electron chi connectivity index (χ3n) is 11.5. The Labute approximate surface area is 337 Å². The first-order valence-corrected chi connectivity index (χ1v) is 19.8. The van der Waals surface area contributed by atoms with E-state index in [4.69, 9.17) is 4.42 Å². The fourth-order valence-corrected chi connectivity index (χ4v) is 8.72. The van der Waals surface area contributed by atoms with Crippen molar-refractivity contribution in [2.45, 2.75) is 0 Å². The molecule has 10 aromatic carbocycles. The van der Waals surface area contributed by atoms with E-state index >= 15 is 0 Å². The van der Waals surface area contributed by atoms with E-state index < -0.39 is 0 Å². The van der Waals surface area contributed by atoms with Crippen LogP contribution in [0.3, 0.4) is 0 Å². The van der Waals surface area contributed by atoms with Crippen molar-refractivity contribution >= 4 is 60.5 Å². The topological polar surface area (TPSA) is 16.4 Å². The minimum atomic E-state index is 0.865. The van der Waals surface area contributed by atoms with Gasteiger partial charge in [0.2, 0.25) is 0 Å². The summed E-state index contributed by atoms with van der Waals surface area (Å²) in [6, 6.07) is 80.5. The van der Waals surface area contributed by atoms with Crippen LogP contribution in [0.25, 0.3) is 88.0 Å². The van der Waals surface area contributed by atoms with E-state index in [1.165, 1.54) is 54.9 Å². The average Bonchev–Trinajstić information content (AvgIpc) is 3.70. The molecule has 0 spiro atoms. The summed E-state index contributed by atoms with van der Waals surface area (Å²) in [6.07, 6.45) is 0. The van der Waals surface area contributed by atoms with Gasteiger partial charge < -0.3 is 9.32 Å². The SMILES string of the molecule is c1ccc(-c2ccc(-c3ccc(N(c4ccc(-c5ccccc5-c5ccccc5)cc4)c4cccc5c4ccc4ccccc45)c4c3oc3ccccc34)cc2)cc1. The third kappa shape index (κ3) is 5.74. The first-order valence-electron chi connectivity index (χ1n) is 19.8. The quantitative estimate of drug-likeness (QED) is 0.151. The number of anilines is 3. The fraction of sp³-hybridized carbons (Fsp3) is 0. The zero-order chi connectivity index (χ0) is 38.4. The molecular formula is C56H37NO. The zero-order valence-corrected chi connectivity index (χ0v) is 31.7. The van der Waals surface area contributed by atoms with Gasteiger partial charge >= 0.3 is 0 Å². The van der Waals surface area contributed by atoms with Gasteiger partial charge in [0.25, 0.3) is 0 Å². The lowest BCUT2D eigenvalue weighted by molar-refractivity contribution is 0.670. The smallest absolute Gasteiger partial charge is 0.145 e. The lowest BCUT2D eigenvalue weighted by Gasteiger charge is -2.28. The molecule has 272 valence electrons. The molecule has 0 amide bonds. The molecule has 2 heteroatoms. The van der Waals surface area contributed by atoms with Gasteiger partial charge in [0.05, 0.1) is 16.8 Å². The molecule has 58 heavy (non-hydrogen) atoms. The number of nitrogens with zero attached hydrogens (tertiary/aromatic N) is 1. The molecular weight excluding hydrogens is 703 g/mol. The van der Waals surface area contributed by atoms with Crippen molar-refractivity contribution in [3.8, 4) is 44.5 Å². The molecule has 0 radical (unpaired) electrons. The van der Waals surface area contributed by atoms with Crippen LogP contribution in [0, 0.1) is 0 Å². The molecule has 0 N–H and O–H groups in total. The summed E-state index contributed by atoms with van der Waals surface area (Å²) in [5, 5.41) is 7.03. The molecule has 0 saturated heterocycles. The lowest BCUT2D eigenvalue weighted by atomic mass is 9.94. The second-order valence-corrected chi connectivity index (χ2v) is 14.8. The molecule has 1 heterocycles. The summed E-state index contributed by atoms with van der Waals surface area (Å²) in [4.78, 5) is 2.43. The van der Waals surface area contributed by atoms with Gasteiger partial charge in [-0.15, -0.1) is 0 Å².